The van der Waals surface area contributed by atoms with Gasteiger partial charge in [-0.3, -0.25) is 0 Å². The molecule has 0 saturated heterocycles. The van der Waals surface area contributed by atoms with Crippen molar-refractivity contribution in [3.8, 4) is 5.75 Å². The first kappa shape index (κ1) is 11.7. The van der Waals surface area contributed by atoms with E-state index in [0.29, 0.717) is 6.42 Å². The van der Waals surface area contributed by atoms with Gasteiger partial charge in [0.05, 0.1) is 7.11 Å². The van der Waals surface area contributed by atoms with Crippen LogP contribution in [0.15, 0.2) is 30.3 Å². The molecule has 3 heteroatoms. The molecule has 3 nitrogen and oxygen atoms in total. The topological polar surface area (TPSA) is 35.5 Å². The summed E-state index contributed by atoms with van der Waals surface area (Å²) in [5.74, 6) is 0.492. The maximum atomic E-state index is 11.4. The van der Waals surface area contributed by atoms with Crippen molar-refractivity contribution in [2.24, 2.45) is 0 Å². The summed E-state index contributed by atoms with van der Waals surface area (Å²) >= 11 is 0. The predicted octanol–water partition coefficient (Wildman–Crippen LogP) is 2.80. The highest BCUT2D eigenvalue weighted by Crippen LogP contribution is 2.39. The number of carbonyl (C=O) groups is 1. The Morgan fingerprint density at radius 2 is 2.12 bits per heavy atom. The van der Waals surface area contributed by atoms with Gasteiger partial charge in [-0.05, 0) is 25.5 Å². The molecule has 1 heterocycles. The van der Waals surface area contributed by atoms with Gasteiger partial charge in [-0.15, -0.1) is 0 Å². The zero-order chi connectivity index (χ0) is 12.5. The Hall–Kier alpha value is -1.77. The summed E-state index contributed by atoms with van der Waals surface area (Å²) in [7, 11) is 1.38. The normalized spacial score (nSPS) is 19.4. The summed E-state index contributed by atoms with van der Waals surface area (Å²) in [5, 5.41) is 0. The monoisotopic (exact) mass is 232 g/mol. The molecule has 0 atom stereocenters. The SMILES string of the molecule is COC(=O)/C=C1/CC(C)(C)Oc2ccccc21. The molecule has 0 aromatic heterocycles. The van der Waals surface area contributed by atoms with E-state index in [1.165, 1.54) is 7.11 Å². The van der Waals surface area contributed by atoms with Crippen molar-refractivity contribution in [3.63, 3.8) is 0 Å². The predicted molar refractivity (Wildman–Crippen MR) is 65.8 cm³/mol. The summed E-state index contributed by atoms with van der Waals surface area (Å²) in [6.07, 6.45) is 2.24. The fraction of sp³-hybridized carbons (Fsp3) is 0.357. The van der Waals surface area contributed by atoms with Crippen LogP contribution in [0.3, 0.4) is 0 Å². The number of rotatable bonds is 1. The van der Waals surface area contributed by atoms with Crippen molar-refractivity contribution >= 4 is 11.5 Å². The summed E-state index contributed by atoms with van der Waals surface area (Å²) in [6.45, 7) is 4.02. The molecule has 2 rings (SSSR count). The van der Waals surface area contributed by atoms with Crippen molar-refractivity contribution < 1.29 is 14.3 Å². The summed E-state index contributed by atoms with van der Waals surface area (Å²) in [5.41, 5.74) is 1.63. The molecular weight excluding hydrogens is 216 g/mol. The van der Waals surface area contributed by atoms with E-state index in [4.69, 9.17) is 4.74 Å². The molecule has 0 amide bonds. The summed E-state index contributed by atoms with van der Waals surface area (Å²) in [6, 6.07) is 7.74. The minimum absolute atomic E-state index is 0.297. The Morgan fingerprint density at radius 1 is 1.41 bits per heavy atom. The van der Waals surface area contributed by atoms with E-state index in [0.717, 1.165) is 16.9 Å². The molecule has 0 N–H and O–H groups in total. The highest BCUT2D eigenvalue weighted by molar-refractivity contribution is 5.92. The average Bonchev–Trinajstić information content (AvgIpc) is 2.27. The second-order valence-corrected chi connectivity index (χ2v) is 4.73. The van der Waals surface area contributed by atoms with Crippen molar-refractivity contribution in [1.29, 1.82) is 0 Å². The highest BCUT2D eigenvalue weighted by Gasteiger charge is 2.29. The van der Waals surface area contributed by atoms with Crippen molar-refractivity contribution in [3.05, 3.63) is 35.9 Å². The van der Waals surface area contributed by atoms with Crippen molar-refractivity contribution in [1.82, 2.24) is 0 Å². The van der Waals surface area contributed by atoms with Crippen molar-refractivity contribution in [2.75, 3.05) is 7.11 Å². The minimum atomic E-state index is -0.326. The summed E-state index contributed by atoms with van der Waals surface area (Å²) in [4.78, 5) is 11.4. The zero-order valence-electron chi connectivity index (χ0n) is 10.3. The van der Waals surface area contributed by atoms with Crippen molar-refractivity contribution in [2.45, 2.75) is 25.9 Å². The average molecular weight is 232 g/mol. The zero-order valence-corrected chi connectivity index (χ0v) is 10.3. The lowest BCUT2D eigenvalue weighted by molar-refractivity contribution is -0.134. The molecule has 0 unspecified atom stereocenters. The lowest BCUT2D eigenvalue weighted by Gasteiger charge is -2.34. The maximum absolute atomic E-state index is 11.4. The maximum Gasteiger partial charge on any atom is 0.330 e. The van der Waals surface area contributed by atoms with Crippen LogP contribution in [-0.2, 0) is 9.53 Å². The first-order valence-electron chi connectivity index (χ1n) is 5.59. The molecule has 0 fully saturated rings. The Kier molecular flexibility index (Phi) is 2.92. The van der Waals surface area contributed by atoms with Gasteiger partial charge in [0.1, 0.15) is 11.4 Å². The van der Waals surface area contributed by atoms with E-state index >= 15 is 0 Å². The third-order valence-electron chi connectivity index (χ3n) is 2.73. The second-order valence-electron chi connectivity index (χ2n) is 4.73. The first-order chi connectivity index (χ1) is 8.02. The molecule has 1 aliphatic rings. The number of hydrogen-bond acceptors (Lipinski definition) is 3. The standard InChI is InChI=1S/C14H16O3/c1-14(2)9-10(8-13(15)16-3)11-6-4-5-7-12(11)17-14/h4-8H,9H2,1-3H3/b10-8-. The van der Waals surface area contributed by atoms with E-state index in [-0.39, 0.29) is 11.6 Å². The minimum Gasteiger partial charge on any atom is -0.487 e. The number of esters is 1. The Balaban J connectivity index is 2.46. The summed E-state index contributed by atoms with van der Waals surface area (Å²) < 4.78 is 10.6. The number of hydrogen-bond donors (Lipinski definition) is 0. The number of para-hydroxylation sites is 1. The lowest BCUT2D eigenvalue weighted by atomic mass is 9.89. The second kappa shape index (κ2) is 4.24. The fourth-order valence-corrected chi connectivity index (χ4v) is 2.04. The van der Waals surface area contributed by atoms with Crippen LogP contribution in [0.1, 0.15) is 25.8 Å². The van der Waals surface area contributed by atoms with Crippen LogP contribution < -0.4 is 4.74 Å². The van der Waals surface area contributed by atoms with Gasteiger partial charge in [-0.2, -0.15) is 0 Å². The molecule has 17 heavy (non-hydrogen) atoms. The molecule has 0 aliphatic carbocycles. The lowest BCUT2D eigenvalue weighted by Crippen LogP contribution is -2.32. The Bertz CT molecular complexity index is 472. The van der Waals surface area contributed by atoms with Gasteiger partial charge in [0, 0.05) is 18.1 Å². The molecular formula is C14H16O3. The number of methoxy groups -OCH3 is 1. The van der Waals surface area contributed by atoms with E-state index in [1.807, 2.05) is 38.1 Å². The quantitative estimate of drug-likeness (QED) is 0.551. The van der Waals surface area contributed by atoms with Gasteiger partial charge in [-0.1, -0.05) is 18.2 Å². The third kappa shape index (κ3) is 2.49. The number of ether oxygens (including phenoxy) is 2. The van der Waals surface area contributed by atoms with Crippen LogP contribution in [0, 0.1) is 0 Å². The van der Waals surface area contributed by atoms with Gasteiger partial charge in [0.25, 0.3) is 0 Å². The fourth-order valence-electron chi connectivity index (χ4n) is 2.04. The smallest absolute Gasteiger partial charge is 0.330 e. The van der Waals surface area contributed by atoms with Crippen LogP contribution >= 0.6 is 0 Å². The van der Waals surface area contributed by atoms with Crippen LogP contribution in [0.5, 0.6) is 5.75 Å². The molecule has 1 aromatic carbocycles. The van der Waals surface area contributed by atoms with E-state index in [2.05, 4.69) is 4.74 Å². The Morgan fingerprint density at radius 3 is 2.82 bits per heavy atom. The van der Waals surface area contributed by atoms with Crippen LogP contribution in [0.2, 0.25) is 0 Å². The molecule has 1 aliphatic heterocycles. The third-order valence-corrected chi connectivity index (χ3v) is 2.73. The molecule has 90 valence electrons. The number of fused-ring (bicyclic) bond motifs is 1. The van der Waals surface area contributed by atoms with E-state index in [1.54, 1.807) is 6.08 Å². The largest absolute Gasteiger partial charge is 0.487 e. The Labute approximate surface area is 101 Å². The van der Waals surface area contributed by atoms with Gasteiger partial charge in [-0.25, -0.2) is 4.79 Å². The molecule has 0 bridgehead atoms. The van der Waals surface area contributed by atoms with Crippen LogP contribution in [0.4, 0.5) is 0 Å². The highest BCUT2D eigenvalue weighted by atomic mass is 16.5. The van der Waals surface area contributed by atoms with E-state index in [9.17, 15) is 4.79 Å². The van der Waals surface area contributed by atoms with Crippen LogP contribution in [-0.4, -0.2) is 18.7 Å². The van der Waals surface area contributed by atoms with Gasteiger partial charge < -0.3 is 9.47 Å². The number of carbonyl (C=O) groups excluding carboxylic acids is 1. The van der Waals surface area contributed by atoms with Crippen LogP contribution in [0.25, 0.3) is 5.57 Å². The molecule has 1 aromatic rings. The molecule has 0 spiro atoms. The van der Waals surface area contributed by atoms with E-state index < -0.39 is 0 Å². The van der Waals surface area contributed by atoms with Gasteiger partial charge >= 0.3 is 5.97 Å². The van der Waals surface area contributed by atoms with Gasteiger partial charge in [0.2, 0.25) is 0 Å². The molecule has 0 radical (unpaired) electrons. The van der Waals surface area contributed by atoms with Gasteiger partial charge in [0.15, 0.2) is 0 Å². The molecule has 0 saturated carbocycles. The number of benzene rings is 1. The first-order valence-corrected chi connectivity index (χ1v) is 5.59.